The van der Waals surface area contributed by atoms with Crippen LogP contribution >= 0.6 is 15.9 Å². The zero-order valence-corrected chi connectivity index (χ0v) is 15.0. The zero-order valence-electron chi connectivity index (χ0n) is 13.4. The van der Waals surface area contributed by atoms with Gasteiger partial charge in [0.15, 0.2) is 0 Å². The van der Waals surface area contributed by atoms with E-state index in [4.69, 9.17) is 0 Å². The fourth-order valence-corrected chi connectivity index (χ4v) is 3.36. The lowest BCUT2D eigenvalue weighted by atomic mass is 9.80. The van der Waals surface area contributed by atoms with E-state index in [1.54, 1.807) is 6.08 Å². The first-order valence-corrected chi connectivity index (χ1v) is 8.90. The number of nitrogens with one attached hydrogen (secondary N) is 2. The Morgan fingerprint density at radius 3 is 2.57 bits per heavy atom. The molecule has 0 heterocycles. The van der Waals surface area contributed by atoms with Gasteiger partial charge in [-0.05, 0) is 37.5 Å². The molecule has 5 heteroatoms. The fourth-order valence-electron chi connectivity index (χ4n) is 2.95. The molecule has 2 amide bonds. The van der Waals surface area contributed by atoms with Crippen molar-refractivity contribution in [1.29, 1.82) is 0 Å². The Bertz CT molecular complexity index is 592. The maximum absolute atomic E-state index is 12.4. The molecule has 1 aliphatic rings. The van der Waals surface area contributed by atoms with Gasteiger partial charge in [0, 0.05) is 17.1 Å². The van der Waals surface area contributed by atoms with Gasteiger partial charge in [0.05, 0.1) is 0 Å². The van der Waals surface area contributed by atoms with Crippen molar-refractivity contribution < 1.29 is 9.59 Å². The van der Waals surface area contributed by atoms with Crippen LogP contribution in [0, 0.1) is 0 Å². The molecule has 0 spiro atoms. The van der Waals surface area contributed by atoms with Crippen LogP contribution in [0.15, 0.2) is 34.8 Å². The van der Waals surface area contributed by atoms with Crippen molar-refractivity contribution in [2.24, 2.45) is 0 Å². The van der Waals surface area contributed by atoms with Crippen LogP contribution in [0.1, 0.15) is 44.6 Å². The first-order valence-electron chi connectivity index (χ1n) is 8.10. The highest BCUT2D eigenvalue weighted by molar-refractivity contribution is 9.10. The Balaban J connectivity index is 2.08. The molecule has 1 aliphatic carbocycles. The standard InChI is InChI=1S/C18H23BrN2O2/c1-2-20-17(23)18(12-6-3-7-13-18)21-16(22)11-10-14-8-4-5-9-15(14)19/h4-5,8-11H,2-3,6-7,12-13H2,1H3,(H,20,23)(H,21,22). The Kier molecular flexibility index (Phi) is 6.39. The summed E-state index contributed by atoms with van der Waals surface area (Å²) in [7, 11) is 0. The van der Waals surface area contributed by atoms with Crippen LogP contribution in [-0.4, -0.2) is 23.9 Å². The van der Waals surface area contributed by atoms with Gasteiger partial charge in [-0.2, -0.15) is 0 Å². The summed E-state index contributed by atoms with van der Waals surface area (Å²) in [6.07, 6.45) is 7.70. The first-order chi connectivity index (χ1) is 11.1. The van der Waals surface area contributed by atoms with Crippen molar-refractivity contribution in [2.75, 3.05) is 6.54 Å². The summed E-state index contributed by atoms with van der Waals surface area (Å²) in [5, 5.41) is 5.81. The van der Waals surface area contributed by atoms with Crippen molar-refractivity contribution in [1.82, 2.24) is 10.6 Å². The number of carbonyl (C=O) groups excluding carboxylic acids is 2. The van der Waals surface area contributed by atoms with Crippen LogP contribution in [0.4, 0.5) is 0 Å². The van der Waals surface area contributed by atoms with Crippen molar-refractivity contribution in [3.05, 3.63) is 40.4 Å². The highest BCUT2D eigenvalue weighted by atomic mass is 79.9. The van der Waals surface area contributed by atoms with Crippen LogP contribution in [0.5, 0.6) is 0 Å². The number of hydrogen-bond acceptors (Lipinski definition) is 2. The molecule has 23 heavy (non-hydrogen) atoms. The van der Waals surface area contributed by atoms with Gasteiger partial charge in [0.1, 0.15) is 5.54 Å². The summed E-state index contributed by atoms with van der Waals surface area (Å²) in [6, 6.07) is 7.69. The Morgan fingerprint density at radius 1 is 1.22 bits per heavy atom. The predicted octanol–water partition coefficient (Wildman–Crippen LogP) is 3.42. The number of halogens is 1. The average Bonchev–Trinajstić information content (AvgIpc) is 2.55. The number of likely N-dealkylation sites (N-methyl/N-ethyl adjacent to an activating group) is 1. The summed E-state index contributed by atoms with van der Waals surface area (Å²) in [5.41, 5.74) is 0.169. The van der Waals surface area contributed by atoms with Gasteiger partial charge < -0.3 is 10.6 Å². The maximum atomic E-state index is 12.4. The van der Waals surface area contributed by atoms with Crippen LogP contribution < -0.4 is 10.6 Å². The summed E-state index contributed by atoms with van der Waals surface area (Å²) < 4.78 is 0.931. The van der Waals surface area contributed by atoms with Crippen molar-refractivity contribution >= 4 is 33.8 Å². The van der Waals surface area contributed by atoms with Crippen LogP contribution in [0.3, 0.4) is 0 Å². The highest BCUT2D eigenvalue weighted by Crippen LogP contribution is 2.28. The number of hydrogen-bond donors (Lipinski definition) is 2. The van der Waals surface area contributed by atoms with Crippen molar-refractivity contribution in [3.63, 3.8) is 0 Å². The van der Waals surface area contributed by atoms with Crippen molar-refractivity contribution in [3.8, 4) is 0 Å². The van der Waals surface area contributed by atoms with E-state index < -0.39 is 5.54 Å². The molecular formula is C18H23BrN2O2. The van der Waals surface area contributed by atoms with E-state index >= 15 is 0 Å². The normalized spacial score (nSPS) is 17.0. The highest BCUT2D eigenvalue weighted by Gasteiger charge is 2.40. The van der Waals surface area contributed by atoms with Gasteiger partial charge in [0.25, 0.3) is 0 Å². The van der Waals surface area contributed by atoms with Gasteiger partial charge in [-0.25, -0.2) is 0 Å². The van der Waals surface area contributed by atoms with Gasteiger partial charge in [-0.15, -0.1) is 0 Å². The van der Waals surface area contributed by atoms with E-state index in [1.807, 2.05) is 31.2 Å². The van der Waals surface area contributed by atoms with Gasteiger partial charge in [-0.1, -0.05) is 53.4 Å². The molecule has 0 atom stereocenters. The summed E-state index contributed by atoms with van der Waals surface area (Å²) in [4.78, 5) is 24.7. The van der Waals surface area contributed by atoms with Crippen LogP contribution in [-0.2, 0) is 9.59 Å². The molecule has 0 radical (unpaired) electrons. The third-order valence-electron chi connectivity index (χ3n) is 4.16. The number of benzene rings is 1. The number of carbonyl (C=O) groups is 2. The molecule has 2 rings (SSSR count). The molecule has 124 valence electrons. The summed E-state index contributed by atoms with van der Waals surface area (Å²) >= 11 is 3.45. The Hall–Kier alpha value is -1.62. The number of amides is 2. The third-order valence-corrected chi connectivity index (χ3v) is 4.88. The SMILES string of the molecule is CCNC(=O)C1(NC(=O)C=Cc2ccccc2Br)CCCCC1. The molecule has 2 N–H and O–H groups in total. The largest absolute Gasteiger partial charge is 0.354 e. The second kappa shape index (κ2) is 8.29. The second-order valence-corrected chi connectivity index (χ2v) is 6.70. The summed E-state index contributed by atoms with van der Waals surface area (Å²) in [5.74, 6) is -0.295. The Labute approximate surface area is 145 Å². The molecule has 1 aromatic carbocycles. The van der Waals surface area contributed by atoms with Gasteiger partial charge in [-0.3, -0.25) is 9.59 Å². The summed E-state index contributed by atoms with van der Waals surface area (Å²) in [6.45, 7) is 2.46. The van der Waals surface area contributed by atoms with E-state index in [9.17, 15) is 9.59 Å². The molecule has 0 aromatic heterocycles. The van der Waals surface area contributed by atoms with Gasteiger partial charge in [0.2, 0.25) is 11.8 Å². The number of rotatable bonds is 5. The van der Waals surface area contributed by atoms with Crippen molar-refractivity contribution in [2.45, 2.75) is 44.6 Å². The van der Waals surface area contributed by atoms with Crippen LogP contribution in [0.25, 0.3) is 6.08 Å². The third kappa shape index (κ3) is 4.67. The molecule has 1 aromatic rings. The lowest BCUT2D eigenvalue weighted by molar-refractivity contribution is -0.133. The molecule has 0 aliphatic heterocycles. The smallest absolute Gasteiger partial charge is 0.245 e. The molecule has 0 saturated heterocycles. The average molecular weight is 379 g/mol. The molecule has 0 unspecified atom stereocenters. The van der Waals surface area contributed by atoms with E-state index in [2.05, 4.69) is 26.6 Å². The van der Waals surface area contributed by atoms with Crippen LogP contribution in [0.2, 0.25) is 0 Å². The lowest BCUT2D eigenvalue weighted by Crippen LogP contribution is -2.59. The topological polar surface area (TPSA) is 58.2 Å². The van der Waals surface area contributed by atoms with E-state index in [1.165, 1.54) is 6.08 Å². The quantitative estimate of drug-likeness (QED) is 0.771. The van der Waals surface area contributed by atoms with E-state index in [0.29, 0.717) is 19.4 Å². The van der Waals surface area contributed by atoms with Gasteiger partial charge >= 0.3 is 0 Å². The zero-order chi connectivity index (χ0) is 16.7. The maximum Gasteiger partial charge on any atom is 0.245 e. The minimum Gasteiger partial charge on any atom is -0.354 e. The van der Waals surface area contributed by atoms with E-state index in [0.717, 1.165) is 29.3 Å². The minimum absolute atomic E-state index is 0.0673. The predicted molar refractivity (Wildman–Crippen MR) is 95.8 cm³/mol. The molecule has 4 nitrogen and oxygen atoms in total. The minimum atomic E-state index is -0.760. The molecule has 1 fully saturated rings. The monoisotopic (exact) mass is 378 g/mol. The molecular weight excluding hydrogens is 356 g/mol. The second-order valence-electron chi connectivity index (χ2n) is 5.85. The molecule has 1 saturated carbocycles. The lowest BCUT2D eigenvalue weighted by Gasteiger charge is -2.36. The Morgan fingerprint density at radius 2 is 1.91 bits per heavy atom. The van der Waals surface area contributed by atoms with E-state index in [-0.39, 0.29) is 11.8 Å². The molecule has 0 bridgehead atoms. The first kappa shape index (κ1) is 17.7. The fraction of sp³-hybridized carbons (Fsp3) is 0.444.